The molecule has 3 aromatic heterocycles. The van der Waals surface area contributed by atoms with E-state index >= 15 is 0 Å². The molecule has 0 saturated carbocycles. The number of rotatable bonds is 3. The van der Waals surface area contributed by atoms with Crippen molar-refractivity contribution in [2.75, 3.05) is 0 Å². The van der Waals surface area contributed by atoms with Crippen LogP contribution >= 0.6 is 11.8 Å². The van der Waals surface area contributed by atoms with Crippen molar-refractivity contribution in [2.24, 2.45) is 12.8 Å². The molecule has 0 aromatic carbocycles. The number of aromatic nitrogens is 4. The number of aromatic amines is 1. The Kier molecular flexibility index (Phi) is 2.98. The Morgan fingerprint density at radius 1 is 1.40 bits per heavy atom. The minimum atomic E-state index is -0.425. The zero-order chi connectivity index (χ0) is 14.3. The molecular formula is C13H13N5OS. The average molecular weight is 287 g/mol. The molecular weight excluding hydrogens is 274 g/mol. The maximum Gasteiger partial charge on any atom is 0.265 e. The molecule has 3 rings (SSSR count). The van der Waals surface area contributed by atoms with Gasteiger partial charge in [-0.1, -0.05) is 11.8 Å². The summed E-state index contributed by atoms with van der Waals surface area (Å²) in [5, 5.41) is 7.72. The van der Waals surface area contributed by atoms with Crippen LogP contribution in [0.2, 0.25) is 0 Å². The van der Waals surface area contributed by atoms with E-state index in [0.29, 0.717) is 5.69 Å². The molecule has 0 spiro atoms. The first-order valence-corrected chi connectivity index (χ1v) is 6.81. The number of fused-ring (bicyclic) bond motifs is 1. The van der Waals surface area contributed by atoms with Crippen LogP contribution in [0.3, 0.4) is 0 Å². The van der Waals surface area contributed by atoms with Crippen molar-refractivity contribution in [3.8, 4) is 0 Å². The second kappa shape index (κ2) is 4.68. The normalized spacial score (nSPS) is 11.1. The number of H-pyrrole nitrogens is 1. The van der Waals surface area contributed by atoms with Crippen molar-refractivity contribution >= 4 is 28.7 Å². The van der Waals surface area contributed by atoms with Crippen LogP contribution in [0, 0.1) is 6.92 Å². The molecule has 0 unspecified atom stereocenters. The number of hydrogen-bond acceptors (Lipinski definition) is 4. The van der Waals surface area contributed by atoms with Crippen LogP contribution in [0.15, 0.2) is 34.3 Å². The number of amides is 1. The SMILES string of the molecule is Cc1c(Sc2cnc3[nH]ncc3c2)cc(C(N)=O)n1C. The van der Waals surface area contributed by atoms with E-state index < -0.39 is 5.91 Å². The van der Waals surface area contributed by atoms with Gasteiger partial charge in [-0.05, 0) is 19.1 Å². The van der Waals surface area contributed by atoms with Gasteiger partial charge in [-0.3, -0.25) is 9.89 Å². The van der Waals surface area contributed by atoms with Crippen LogP contribution in [0.25, 0.3) is 11.0 Å². The van der Waals surface area contributed by atoms with Crippen molar-refractivity contribution in [2.45, 2.75) is 16.7 Å². The number of pyridine rings is 1. The Labute approximate surface area is 119 Å². The molecule has 0 aliphatic heterocycles. The largest absolute Gasteiger partial charge is 0.364 e. The maximum atomic E-state index is 11.3. The van der Waals surface area contributed by atoms with Gasteiger partial charge < -0.3 is 10.3 Å². The third-order valence-corrected chi connectivity index (χ3v) is 4.33. The quantitative estimate of drug-likeness (QED) is 0.769. The number of carbonyl (C=O) groups excluding carboxylic acids is 1. The number of nitrogens with two attached hydrogens (primary N) is 1. The zero-order valence-electron chi connectivity index (χ0n) is 11.0. The lowest BCUT2D eigenvalue weighted by Gasteiger charge is -2.02. The van der Waals surface area contributed by atoms with Crippen LogP contribution in [-0.2, 0) is 7.05 Å². The Hall–Kier alpha value is -2.28. The highest BCUT2D eigenvalue weighted by molar-refractivity contribution is 7.99. The first-order valence-electron chi connectivity index (χ1n) is 5.99. The lowest BCUT2D eigenvalue weighted by Crippen LogP contribution is -2.15. The monoisotopic (exact) mass is 287 g/mol. The summed E-state index contributed by atoms with van der Waals surface area (Å²) < 4.78 is 1.80. The summed E-state index contributed by atoms with van der Waals surface area (Å²) >= 11 is 1.55. The third kappa shape index (κ3) is 2.05. The Balaban J connectivity index is 1.98. The van der Waals surface area contributed by atoms with Crippen molar-refractivity contribution in [1.29, 1.82) is 0 Å². The van der Waals surface area contributed by atoms with Gasteiger partial charge in [0.2, 0.25) is 0 Å². The number of hydrogen-bond donors (Lipinski definition) is 2. The molecule has 0 bridgehead atoms. The van der Waals surface area contributed by atoms with E-state index in [1.165, 1.54) is 0 Å². The molecule has 0 radical (unpaired) electrons. The fourth-order valence-electron chi connectivity index (χ4n) is 2.01. The molecule has 0 aliphatic rings. The number of nitrogens with one attached hydrogen (secondary N) is 1. The summed E-state index contributed by atoms with van der Waals surface area (Å²) in [6.45, 7) is 1.96. The van der Waals surface area contributed by atoms with Gasteiger partial charge in [0, 0.05) is 34.1 Å². The van der Waals surface area contributed by atoms with Gasteiger partial charge in [0.15, 0.2) is 5.65 Å². The van der Waals surface area contributed by atoms with Gasteiger partial charge in [0.1, 0.15) is 5.69 Å². The lowest BCUT2D eigenvalue weighted by atomic mass is 10.4. The van der Waals surface area contributed by atoms with Crippen molar-refractivity contribution < 1.29 is 4.79 Å². The zero-order valence-corrected chi connectivity index (χ0v) is 11.9. The molecule has 1 amide bonds. The van der Waals surface area contributed by atoms with Gasteiger partial charge in [-0.15, -0.1) is 0 Å². The number of primary amides is 1. The molecule has 0 fully saturated rings. The molecule has 102 valence electrons. The van der Waals surface area contributed by atoms with Crippen LogP contribution in [0.1, 0.15) is 16.2 Å². The Bertz CT molecular complexity index is 804. The van der Waals surface area contributed by atoms with E-state index in [9.17, 15) is 4.79 Å². The van der Waals surface area contributed by atoms with Gasteiger partial charge in [0.25, 0.3) is 5.91 Å². The molecule has 7 heteroatoms. The van der Waals surface area contributed by atoms with Crippen LogP contribution in [0.4, 0.5) is 0 Å². The van der Waals surface area contributed by atoms with Crippen molar-refractivity contribution in [3.05, 3.63) is 35.9 Å². The third-order valence-electron chi connectivity index (χ3n) is 3.24. The Morgan fingerprint density at radius 3 is 2.90 bits per heavy atom. The predicted octanol–water partition coefficient (Wildman–Crippen LogP) is 1.85. The Morgan fingerprint density at radius 2 is 2.20 bits per heavy atom. The summed E-state index contributed by atoms with van der Waals surface area (Å²) in [5.74, 6) is -0.425. The molecule has 6 nitrogen and oxygen atoms in total. The topological polar surface area (TPSA) is 89.6 Å². The van der Waals surface area contributed by atoms with E-state index in [-0.39, 0.29) is 0 Å². The molecule has 20 heavy (non-hydrogen) atoms. The van der Waals surface area contributed by atoms with Crippen molar-refractivity contribution in [1.82, 2.24) is 19.7 Å². The first kappa shape index (κ1) is 12.7. The first-order chi connectivity index (χ1) is 9.56. The molecule has 3 aromatic rings. The second-order valence-electron chi connectivity index (χ2n) is 4.48. The fraction of sp³-hybridized carbons (Fsp3) is 0.154. The number of nitrogens with zero attached hydrogens (tertiary/aromatic N) is 3. The summed E-state index contributed by atoms with van der Waals surface area (Å²) in [4.78, 5) is 17.6. The van der Waals surface area contributed by atoms with Crippen LogP contribution in [-0.4, -0.2) is 25.7 Å². The molecule has 0 aliphatic carbocycles. The summed E-state index contributed by atoms with van der Waals surface area (Å²) in [6, 6.07) is 3.81. The molecule has 3 N–H and O–H groups in total. The minimum absolute atomic E-state index is 0.425. The molecule has 0 atom stereocenters. The van der Waals surface area contributed by atoms with Crippen molar-refractivity contribution in [3.63, 3.8) is 0 Å². The molecule has 3 heterocycles. The highest BCUT2D eigenvalue weighted by atomic mass is 32.2. The highest BCUT2D eigenvalue weighted by Crippen LogP contribution is 2.32. The van der Waals surface area contributed by atoms with Gasteiger partial charge in [0.05, 0.1) is 6.20 Å². The smallest absolute Gasteiger partial charge is 0.265 e. The van der Waals surface area contributed by atoms with E-state index in [1.54, 1.807) is 28.7 Å². The van der Waals surface area contributed by atoms with E-state index in [1.807, 2.05) is 26.1 Å². The predicted molar refractivity (Wildman–Crippen MR) is 76.7 cm³/mol. The summed E-state index contributed by atoms with van der Waals surface area (Å²) in [6.07, 6.45) is 3.51. The van der Waals surface area contributed by atoms with E-state index in [0.717, 1.165) is 26.5 Å². The second-order valence-corrected chi connectivity index (χ2v) is 5.60. The van der Waals surface area contributed by atoms with Gasteiger partial charge in [-0.2, -0.15) is 5.10 Å². The molecule has 0 saturated heterocycles. The standard InChI is InChI=1S/C13H13N5OS/c1-7-11(4-10(12(14)19)18(7)2)20-9-3-8-5-16-17-13(8)15-6-9/h3-6H,1-2H3,(H2,14,19)(H,15,16,17). The maximum absolute atomic E-state index is 11.3. The van der Waals surface area contributed by atoms with Gasteiger partial charge >= 0.3 is 0 Å². The highest BCUT2D eigenvalue weighted by Gasteiger charge is 2.14. The van der Waals surface area contributed by atoms with Crippen LogP contribution < -0.4 is 5.73 Å². The fourth-order valence-corrected chi connectivity index (χ4v) is 3.01. The van der Waals surface area contributed by atoms with Gasteiger partial charge in [-0.25, -0.2) is 4.98 Å². The minimum Gasteiger partial charge on any atom is -0.364 e. The van der Waals surface area contributed by atoms with E-state index in [4.69, 9.17) is 5.73 Å². The average Bonchev–Trinajstić information content (AvgIpc) is 2.98. The number of carbonyl (C=O) groups is 1. The lowest BCUT2D eigenvalue weighted by molar-refractivity contribution is 0.0992. The van der Waals surface area contributed by atoms with E-state index in [2.05, 4.69) is 15.2 Å². The summed E-state index contributed by atoms with van der Waals surface area (Å²) in [7, 11) is 1.83. The summed E-state index contributed by atoms with van der Waals surface area (Å²) in [5.41, 5.74) is 7.62. The van der Waals surface area contributed by atoms with Crippen LogP contribution in [0.5, 0.6) is 0 Å².